The van der Waals surface area contributed by atoms with Crippen LogP contribution < -0.4 is 5.32 Å². The maximum atomic E-state index is 13.7. The average Bonchev–Trinajstić information content (AvgIpc) is 2.84. The molecule has 1 aromatic carbocycles. The number of rotatable bonds is 4. The van der Waals surface area contributed by atoms with E-state index in [1.807, 2.05) is 6.92 Å². The summed E-state index contributed by atoms with van der Waals surface area (Å²) < 4.78 is 18.2. The Hall–Kier alpha value is -2.55. The van der Waals surface area contributed by atoms with Crippen molar-refractivity contribution in [3.8, 4) is 0 Å². The molecule has 9 heteroatoms. The molecule has 1 aromatic heterocycles. The number of nitro benzene ring substituents is 1. The standard InChI is InChI=1S/C12H10FN3O4S/c1-6-5-14-12(21-6)15-9-3-7(11(17)20-2)8(13)4-10(9)16(18)19/h3-5H,1-2H3,(H,14,15). The van der Waals surface area contributed by atoms with Gasteiger partial charge in [0, 0.05) is 11.1 Å². The zero-order valence-electron chi connectivity index (χ0n) is 11.0. The van der Waals surface area contributed by atoms with E-state index >= 15 is 0 Å². The van der Waals surface area contributed by atoms with E-state index in [1.54, 1.807) is 6.20 Å². The van der Waals surface area contributed by atoms with Crippen LogP contribution in [0.4, 0.5) is 20.9 Å². The van der Waals surface area contributed by atoms with Gasteiger partial charge in [0.2, 0.25) is 0 Å². The van der Waals surface area contributed by atoms with Crippen molar-refractivity contribution in [2.24, 2.45) is 0 Å². The second-order valence-corrected chi connectivity index (χ2v) is 5.23. The summed E-state index contributed by atoms with van der Waals surface area (Å²) in [5.41, 5.74) is -0.914. The summed E-state index contributed by atoms with van der Waals surface area (Å²) in [4.78, 5) is 26.6. The van der Waals surface area contributed by atoms with Crippen LogP contribution in [0.1, 0.15) is 15.2 Å². The predicted octanol–water partition coefficient (Wildman–Crippen LogP) is 3.03. The number of ether oxygens (including phenoxy) is 1. The summed E-state index contributed by atoms with van der Waals surface area (Å²) in [6.45, 7) is 1.82. The van der Waals surface area contributed by atoms with Crippen LogP contribution in [-0.2, 0) is 4.74 Å². The molecule has 2 aromatic rings. The van der Waals surface area contributed by atoms with Crippen LogP contribution in [-0.4, -0.2) is 23.0 Å². The number of aryl methyl sites for hydroxylation is 1. The van der Waals surface area contributed by atoms with Crippen molar-refractivity contribution in [3.63, 3.8) is 0 Å². The maximum Gasteiger partial charge on any atom is 0.340 e. The second kappa shape index (κ2) is 5.83. The highest BCUT2D eigenvalue weighted by atomic mass is 32.1. The van der Waals surface area contributed by atoms with Gasteiger partial charge in [0.05, 0.1) is 23.7 Å². The Morgan fingerprint density at radius 2 is 2.24 bits per heavy atom. The molecule has 0 bridgehead atoms. The van der Waals surface area contributed by atoms with Crippen molar-refractivity contribution in [2.75, 3.05) is 12.4 Å². The summed E-state index contributed by atoms with van der Waals surface area (Å²) in [5, 5.41) is 14.1. The lowest BCUT2D eigenvalue weighted by atomic mass is 10.1. The summed E-state index contributed by atoms with van der Waals surface area (Å²) in [6.07, 6.45) is 1.59. The molecule has 7 nitrogen and oxygen atoms in total. The van der Waals surface area contributed by atoms with E-state index in [-0.39, 0.29) is 11.3 Å². The fourth-order valence-electron chi connectivity index (χ4n) is 1.61. The molecule has 0 aliphatic rings. The molecule has 0 spiro atoms. The van der Waals surface area contributed by atoms with Crippen molar-refractivity contribution in [2.45, 2.75) is 6.92 Å². The third-order valence-corrected chi connectivity index (χ3v) is 3.38. The van der Waals surface area contributed by atoms with Crippen molar-refractivity contribution in [3.05, 3.63) is 44.7 Å². The first-order chi connectivity index (χ1) is 9.92. The van der Waals surface area contributed by atoms with Crippen LogP contribution in [0.25, 0.3) is 0 Å². The number of hydrogen-bond acceptors (Lipinski definition) is 7. The fourth-order valence-corrected chi connectivity index (χ4v) is 2.28. The Morgan fingerprint density at radius 3 is 2.76 bits per heavy atom. The first kappa shape index (κ1) is 14.9. The highest BCUT2D eigenvalue weighted by molar-refractivity contribution is 7.15. The molecule has 0 radical (unpaired) electrons. The molecular weight excluding hydrogens is 301 g/mol. The van der Waals surface area contributed by atoms with E-state index in [0.29, 0.717) is 11.2 Å². The first-order valence-corrected chi connectivity index (χ1v) is 6.49. The van der Waals surface area contributed by atoms with Gasteiger partial charge in [-0.05, 0) is 13.0 Å². The molecule has 1 N–H and O–H groups in total. The number of anilines is 2. The number of methoxy groups -OCH3 is 1. The lowest BCUT2D eigenvalue weighted by molar-refractivity contribution is -0.384. The summed E-state index contributed by atoms with van der Waals surface area (Å²) in [5.74, 6) is -1.94. The van der Waals surface area contributed by atoms with Crippen LogP contribution in [0.5, 0.6) is 0 Å². The van der Waals surface area contributed by atoms with Gasteiger partial charge in [-0.1, -0.05) is 0 Å². The summed E-state index contributed by atoms with van der Waals surface area (Å²) in [7, 11) is 1.10. The van der Waals surface area contributed by atoms with Gasteiger partial charge in [-0.25, -0.2) is 14.2 Å². The largest absolute Gasteiger partial charge is 0.465 e. The zero-order chi connectivity index (χ0) is 15.6. The number of benzene rings is 1. The number of carbonyl (C=O) groups is 1. The Morgan fingerprint density at radius 1 is 1.52 bits per heavy atom. The topological polar surface area (TPSA) is 94.4 Å². The third-order valence-electron chi connectivity index (χ3n) is 2.55. The molecule has 1 heterocycles. The number of nitrogens with one attached hydrogen (secondary N) is 1. The molecule has 0 unspecified atom stereocenters. The first-order valence-electron chi connectivity index (χ1n) is 5.68. The molecule has 0 fully saturated rings. The van der Waals surface area contributed by atoms with Gasteiger partial charge in [0.15, 0.2) is 5.13 Å². The lowest BCUT2D eigenvalue weighted by Gasteiger charge is -2.07. The number of nitrogens with zero attached hydrogens (tertiary/aromatic N) is 2. The Bertz CT molecular complexity index is 717. The molecule has 0 aliphatic carbocycles. The van der Waals surface area contributed by atoms with E-state index in [1.165, 1.54) is 11.3 Å². The predicted molar refractivity (Wildman–Crippen MR) is 74.5 cm³/mol. The molecule has 21 heavy (non-hydrogen) atoms. The minimum Gasteiger partial charge on any atom is -0.465 e. The Kier molecular flexibility index (Phi) is 4.13. The number of aromatic nitrogens is 1. The van der Waals surface area contributed by atoms with Crippen molar-refractivity contribution >= 4 is 33.8 Å². The number of carbonyl (C=O) groups excluding carboxylic acids is 1. The average molecular weight is 311 g/mol. The van der Waals surface area contributed by atoms with Gasteiger partial charge in [0.1, 0.15) is 11.5 Å². The molecule has 0 amide bonds. The van der Waals surface area contributed by atoms with Crippen LogP contribution in [0.3, 0.4) is 0 Å². The van der Waals surface area contributed by atoms with Crippen molar-refractivity contribution in [1.82, 2.24) is 4.98 Å². The fraction of sp³-hybridized carbons (Fsp3) is 0.167. The number of thiazole rings is 1. The quantitative estimate of drug-likeness (QED) is 0.530. The zero-order valence-corrected chi connectivity index (χ0v) is 11.9. The van der Waals surface area contributed by atoms with Crippen LogP contribution in [0, 0.1) is 22.9 Å². The van der Waals surface area contributed by atoms with Crippen molar-refractivity contribution < 1.29 is 18.8 Å². The SMILES string of the molecule is COC(=O)c1cc(Nc2ncc(C)s2)c([N+](=O)[O-])cc1F. The van der Waals surface area contributed by atoms with Crippen molar-refractivity contribution in [1.29, 1.82) is 0 Å². The van der Waals surface area contributed by atoms with Crippen LogP contribution in [0.15, 0.2) is 18.3 Å². The van der Waals surface area contributed by atoms with Gasteiger partial charge < -0.3 is 10.1 Å². The summed E-state index contributed by atoms with van der Waals surface area (Å²) in [6, 6.07) is 1.71. The van der Waals surface area contributed by atoms with Gasteiger partial charge in [-0.3, -0.25) is 10.1 Å². The van der Waals surface area contributed by atoms with Crippen LogP contribution >= 0.6 is 11.3 Å². The van der Waals surface area contributed by atoms with E-state index in [2.05, 4.69) is 15.0 Å². The van der Waals surface area contributed by atoms with Gasteiger partial charge in [-0.15, -0.1) is 11.3 Å². The minimum absolute atomic E-state index is 0.0313. The molecule has 110 valence electrons. The van der Waals surface area contributed by atoms with Gasteiger partial charge in [0.25, 0.3) is 5.69 Å². The Balaban J connectivity index is 2.50. The molecular formula is C12H10FN3O4S. The molecule has 0 atom stereocenters. The maximum absolute atomic E-state index is 13.7. The molecule has 2 rings (SSSR count). The number of hydrogen-bond donors (Lipinski definition) is 1. The normalized spacial score (nSPS) is 10.2. The highest BCUT2D eigenvalue weighted by Gasteiger charge is 2.23. The van der Waals surface area contributed by atoms with E-state index in [9.17, 15) is 19.3 Å². The summed E-state index contributed by atoms with van der Waals surface area (Å²) >= 11 is 1.27. The second-order valence-electron chi connectivity index (χ2n) is 4.00. The number of esters is 1. The molecule has 0 saturated carbocycles. The molecule has 0 aliphatic heterocycles. The number of halogens is 1. The van der Waals surface area contributed by atoms with E-state index in [0.717, 1.165) is 18.1 Å². The Labute approximate surface area is 122 Å². The lowest BCUT2D eigenvalue weighted by Crippen LogP contribution is -2.07. The molecule has 0 saturated heterocycles. The smallest absolute Gasteiger partial charge is 0.340 e. The highest BCUT2D eigenvalue weighted by Crippen LogP contribution is 2.32. The number of nitro groups is 1. The third kappa shape index (κ3) is 3.14. The van der Waals surface area contributed by atoms with E-state index in [4.69, 9.17) is 0 Å². The van der Waals surface area contributed by atoms with Gasteiger partial charge >= 0.3 is 5.97 Å². The van der Waals surface area contributed by atoms with E-state index < -0.39 is 22.4 Å². The monoisotopic (exact) mass is 311 g/mol. The minimum atomic E-state index is -1.02. The van der Waals surface area contributed by atoms with Crippen LogP contribution in [0.2, 0.25) is 0 Å². The van der Waals surface area contributed by atoms with Gasteiger partial charge in [-0.2, -0.15) is 0 Å².